The molecule has 1 aliphatic heterocycles. The quantitative estimate of drug-likeness (QED) is 0.861. The van der Waals surface area contributed by atoms with Gasteiger partial charge < -0.3 is 14.6 Å². The van der Waals surface area contributed by atoms with Crippen molar-refractivity contribution in [2.45, 2.75) is 12.5 Å². The topological polar surface area (TPSA) is 59.0 Å². The molecule has 0 radical (unpaired) electrons. The molecule has 0 saturated carbocycles. The van der Waals surface area contributed by atoms with E-state index in [0.29, 0.717) is 32.7 Å². The lowest BCUT2D eigenvalue weighted by molar-refractivity contribution is -0.145. The summed E-state index contributed by atoms with van der Waals surface area (Å²) >= 11 is 0. The van der Waals surface area contributed by atoms with Gasteiger partial charge in [-0.1, -0.05) is 12.1 Å². The highest BCUT2D eigenvalue weighted by Gasteiger charge is 2.27. The lowest BCUT2D eigenvalue weighted by atomic mass is 10.0. The lowest BCUT2D eigenvalue weighted by Gasteiger charge is -2.32. The molecule has 5 nitrogen and oxygen atoms in total. The minimum Gasteiger partial charge on any atom is -0.497 e. The van der Waals surface area contributed by atoms with E-state index in [1.807, 2.05) is 29.2 Å². The molecule has 0 aliphatic carbocycles. The van der Waals surface area contributed by atoms with Gasteiger partial charge in [-0.2, -0.15) is 0 Å². The van der Waals surface area contributed by atoms with Gasteiger partial charge in [0.05, 0.1) is 20.3 Å². The van der Waals surface area contributed by atoms with E-state index in [2.05, 4.69) is 0 Å². The van der Waals surface area contributed by atoms with Gasteiger partial charge in [-0.25, -0.2) is 0 Å². The molecule has 1 saturated heterocycles. The molecule has 19 heavy (non-hydrogen) atoms. The summed E-state index contributed by atoms with van der Waals surface area (Å²) in [7, 11) is 1.61. The van der Waals surface area contributed by atoms with Crippen LogP contribution >= 0.6 is 0 Å². The van der Waals surface area contributed by atoms with Crippen LogP contribution in [0.1, 0.15) is 5.56 Å². The van der Waals surface area contributed by atoms with Gasteiger partial charge >= 0.3 is 5.97 Å². The Labute approximate surface area is 112 Å². The van der Waals surface area contributed by atoms with Crippen molar-refractivity contribution in [3.8, 4) is 5.75 Å². The fraction of sp³-hybridized carbons (Fsp3) is 0.500. The molecule has 1 aromatic rings. The van der Waals surface area contributed by atoms with Crippen LogP contribution in [0, 0.1) is 0 Å². The van der Waals surface area contributed by atoms with Crippen molar-refractivity contribution in [3.63, 3.8) is 0 Å². The average Bonchev–Trinajstić information content (AvgIpc) is 2.46. The summed E-state index contributed by atoms with van der Waals surface area (Å²) in [4.78, 5) is 13.4. The van der Waals surface area contributed by atoms with E-state index in [1.54, 1.807) is 7.11 Å². The maximum absolute atomic E-state index is 11.4. The van der Waals surface area contributed by atoms with Crippen molar-refractivity contribution < 1.29 is 19.4 Å². The number of rotatable bonds is 5. The number of carboxylic acids is 1. The minimum atomic E-state index is -0.780. The van der Waals surface area contributed by atoms with Gasteiger partial charge in [-0.15, -0.1) is 0 Å². The molecular weight excluding hydrogens is 246 g/mol. The highest BCUT2D eigenvalue weighted by Crippen LogP contribution is 2.15. The number of hydrogen-bond donors (Lipinski definition) is 1. The Bertz CT molecular complexity index is 412. The van der Waals surface area contributed by atoms with Crippen molar-refractivity contribution in [1.29, 1.82) is 0 Å². The third-order valence-electron chi connectivity index (χ3n) is 3.36. The van der Waals surface area contributed by atoms with Crippen LogP contribution in [0.4, 0.5) is 0 Å². The van der Waals surface area contributed by atoms with Crippen LogP contribution in [0.3, 0.4) is 0 Å². The van der Waals surface area contributed by atoms with E-state index in [0.717, 1.165) is 11.3 Å². The van der Waals surface area contributed by atoms with Gasteiger partial charge in [-0.05, 0) is 24.1 Å². The van der Waals surface area contributed by atoms with E-state index in [4.69, 9.17) is 9.47 Å². The number of carbonyl (C=O) groups is 1. The zero-order valence-electron chi connectivity index (χ0n) is 11.0. The number of methoxy groups -OCH3 is 1. The third kappa shape index (κ3) is 3.68. The van der Waals surface area contributed by atoms with Gasteiger partial charge in [0.1, 0.15) is 11.8 Å². The number of benzene rings is 1. The molecule has 0 bridgehead atoms. The summed E-state index contributed by atoms with van der Waals surface area (Å²) in [5, 5.41) is 9.38. The number of morpholine rings is 1. The van der Waals surface area contributed by atoms with Crippen LogP contribution in [0.5, 0.6) is 5.75 Å². The number of hydrogen-bond acceptors (Lipinski definition) is 4. The second-order valence-electron chi connectivity index (χ2n) is 4.55. The van der Waals surface area contributed by atoms with E-state index in [-0.39, 0.29) is 0 Å². The van der Waals surface area contributed by atoms with Crippen molar-refractivity contribution in [2.75, 3.05) is 33.4 Å². The Morgan fingerprint density at radius 2 is 2.00 bits per heavy atom. The van der Waals surface area contributed by atoms with Crippen molar-refractivity contribution in [3.05, 3.63) is 29.8 Å². The molecule has 2 rings (SSSR count). The molecule has 1 heterocycles. The predicted octanol–water partition coefficient (Wildman–Crippen LogP) is 1.02. The largest absolute Gasteiger partial charge is 0.497 e. The molecule has 0 aromatic heterocycles. The smallest absolute Gasteiger partial charge is 0.321 e. The fourth-order valence-corrected chi connectivity index (χ4v) is 2.25. The van der Waals surface area contributed by atoms with Crippen LogP contribution in [-0.2, 0) is 16.0 Å². The molecule has 104 valence electrons. The Hall–Kier alpha value is -1.59. The molecular formula is C14H19NO4. The normalized spacial score (nSPS) is 17.9. The van der Waals surface area contributed by atoms with Crippen molar-refractivity contribution >= 4 is 5.97 Å². The van der Waals surface area contributed by atoms with E-state index in [1.165, 1.54) is 0 Å². The molecule has 1 fully saturated rings. The van der Waals surface area contributed by atoms with Crippen LogP contribution in [-0.4, -0.2) is 55.4 Å². The standard InChI is InChI=1S/C14H19NO4/c1-18-12-4-2-11(3-5-12)10-13(14(16)17)15-6-8-19-9-7-15/h2-5,13H,6-10H2,1H3,(H,16,17)/t13-/m0/s1. The first-order valence-corrected chi connectivity index (χ1v) is 6.38. The summed E-state index contributed by atoms with van der Waals surface area (Å²) in [6.07, 6.45) is 0.499. The highest BCUT2D eigenvalue weighted by molar-refractivity contribution is 5.74. The minimum absolute atomic E-state index is 0.489. The number of nitrogens with zero attached hydrogens (tertiary/aromatic N) is 1. The third-order valence-corrected chi connectivity index (χ3v) is 3.36. The Morgan fingerprint density at radius 1 is 1.37 bits per heavy atom. The summed E-state index contributed by atoms with van der Waals surface area (Å²) in [5.41, 5.74) is 1.000. The first kappa shape index (κ1) is 13.8. The van der Waals surface area contributed by atoms with Crippen LogP contribution < -0.4 is 4.74 Å². The van der Waals surface area contributed by atoms with Crippen molar-refractivity contribution in [1.82, 2.24) is 4.90 Å². The number of carboxylic acid groups (broad SMARTS) is 1. The maximum atomic E-state index is 11.4. The Balaban J connectivity index is 2.04. The summed E-state index contributed by atoms with van der Waals surface area (Å²) in [5.74, 6) is -0.000263. The monoisotopic (exact) mass is 265 g/mol. The van der Waals surface area contributed by atoms with Gasteiger partial charge in [0.2, 0.25) is 0 Å². The zero-order valence-corrected chi connectivity index (χ0v) is 11.0. The first-order valence-electron chi connectivity index (χ1n) is 6.38. The Kier molecular flexibility index (Phi) is 4.76. The molecule has 1 aliphatic rings. The Morgan fingerprint density at radius 3 is 2.53 bits per heavy atom. The van der Waals surface area contributed by atoms with Gasteiger partial charge in [0.25, 0.3) is 0 Å². The number of aliphatic carboxylic acids is 1. The molecule has 5 heteroatoms. The van der Waals surface area contributed by atoms with E-state index < -0.39 is 12.0 Å². The van der Waals surface area contributed by atoms with Gasteiger partial charge in [-0.3, -0.25) is 9.69 Å². The zero-order chi connectivity index (χ0) is 13.7. The predicted molar refractivity (Wildman–Crippen MR) is 70.5 cm³/mol. The molecule has 1 aromatic carbocycles. The first-order chi connectivity index (χ1) is 9.20. The summed E-state index contributed by atoms with van der Waals surface area (Å²) in [6, 6.07) is 7.04. The van der Waals surface area contributed by atoms with Crippen LogP contribution in [0.15, 0.2) is 24.3 Å². The van der Waals surface area contributed by atoms with Gasteiger partial charge in [0.15, 0.2) is 0 Å². The maximum Gasteiger partial charge on any atom is 0.321 e. The summed E-state index contributed by atoms with van der Waals surface area (Å²) in [6.45, 7) is 2.55. The highest BCUT2D eigenvalue weighted by atomic mass is 16.5. The van der Waals surface area contributed by atoms with E-state index >= 15 is 0 Å². The second kappa shape index (κ2) is 6.54. The molecule has 0 unspecified atom stereocenters. The summed E-state index contributed by atoms with van der Waals surface area (Å²) < 4.78 is 10.4. The molecule has 1 N–H and O–H groups in total. The SMILES string of the molecule is COc1ccc(C[C@@H](C(=O)O)N2CCOCC2)cc1. The molecule has 0 amide bonds. The van der Waals surface area contributed by atoms with Crippen LogP contribution in [0.2, 0.25) is 0 Å². The number of ether oxygens (including phenoxy) is 2. The average molecular weight is 265 g/mol. The second-order valence-corrected chi connectivity index (χ2v) is 4.55. The molecule has 0 spiro atoms. The van der Waals surface area contributed by atoms with E-state index in [9.17, 15) is 9.90 Å². The fourth-order valence-electron chi connectivity index (χ4n) is 2.25. The van der Waals surface area contributed by atoms with Crippen LogP contribution in [0.25, 0.3) is 0 Å². The molecule has 1 atom stereocenters. The lowest BCUT2D eigenvalue weighted by Crippen LogP contribution is -2.48. The van der Waals surface area contributed by atoms with Crippen molar-refractivity contribution in [2.24, 2.45) is 0 Å². The van der Waals surface area contributed by atoms with Gasteiger partial charge in [0, 0.05) is 13.1 Å².